The first kappa shape index (κ1) is 22.5. The van der Waals surface area contributed by atoms with E-state index < -0.39 is 0 Å². The second-order valence-electron chi connectivity index (χ2n) is 7.95. The van der Waals surface area contributed by atoms with Crippen LogP contribution in [0.5, 0.6) is 17.2 Å². The number of aryl methyl sites for hydroxylation is 1. The molecule has 0 spiro atoms. The number of rotatable bonds is 10. The number of benzene rings is 3. The van der Waals surface area contributed by atoms with Crippen molar-refractivity contribution in [2.24, 2.45) is 7.05 Å². The zero-order valence-electron chi connectivity index (χ0n) is 19.1. The average molecular weight is 444 g/mol. The number of ether oxygens (including phenoxy) is 3. The predicted molar refractivity (Wildman–Crippen MR) is 131 cm³/mol. The molecule has 5 nitrogen and oxygen atoms in total. The van der Waals surface area contributed by atoms with Crippen LogP contribution in [0.4, 0.5) is 0 Å². The minimum absolute atomic E-state index is 0.212. The molecular weight excluding hydrogens is 414 g/mol. The summed E-state index contributed by atoms with van der Waals surface area (Å²) in [5.41, 5.74) is 2.49. The molecule has 0 bridgehead atoms. The van der Waals surface area contributed by atoms with E-state index in [9.17, 15) is 4.79 Å². The van der Waals surface area contributed by atoms with Crippen LogP contribution in [-0.2, 0) is 20.3 Å². The van der Waals surface area contributed by atoms with Crippen molar-refractivity contribution in [3.63, 3.8) is 0 Å². The minimum atomic E-state index is -0.243. The zero-order chi connectivity index (χ0) is 23.0. The molecule has 0 saturated heterocycles. The summed E-state index contributed by atoms with van der Waals surface area (Å²) in [6.45, 7) is 3.38. The highest BCUT2D eigenvalue weighted by molar-refractivity contribution is 5.89. The van der Waals surface area contributed by atoms with Crippen molar-refractivity contribution in [2.45, 2.75) is 33.0 Å². The van der Waals surface area contributed by atoms with Crippen molar-refractivity contribution in [2.75, 3.05) is 6.61 Å². The van der Waals surface area contributed by atoms with Crippen molar-refractivity contribution in [3.8, 4) is 17.2 Å². The van der Waals surface area contributed by atoms with E-state index in [0.717, 1.165) is 40.6 Å². The largest absolute Gasteiger partial charge is 0.494 e. The van der Waals surface area contributed by atoms with Gasteiger partial charge in [0, 0.05) is 18.5 Å². The van der Waals surface area contributed by atoms with Gasteiger partial charge in [-0.3, -0.25) is 4.79 Å². The highest BCUT2D eigenvalue weighted by Gasteiger charge is 2.19. The minimum Gasteiger partial charge on any atom is -0.494 e. The molecule has 4 rings (SSSR count). The van der Waals surface area contributed by atoms with Crippen LogP contribution in [0.2, 0.25) is 0 Å². The number of aromatic nitrogens is 1. The first-order valence-corrected chi connectivity index (χ1v) is 11.3. The van der Waals surface area contributed by atoms with Gasteiger partial charge in [-0.2, -0.15) is 0 Å². The van der Waals surface area contributed by atoms with Gasteiger partial charge in [-0.05, 0) is 29.7 Å². The topological polar surface area (TPSA) is 49.7 Å². The lowest BCUT2D eigenvalue weighted by molar-refractivity contribution is 0.254. The van der Waals surface area contributed by atoms with Crippen LogP contribution in [0.25, 0.3) is 10.9 Å². The molecule has 0 atom stereocenters. The maximum absolute atomic E-state index is 13.3. The second kappa shape index (κ2) is 10.7. The fraction of sp³-hybridized carbons (Fsp3) is 0.250. The molecule has 0 saturated carbocycles. The maximum atomic E-state index is 13.3. The Kier molecular flexibility index (Phi) is 7.30. The van der Waals surface area contributed by atoms with E-state index in [1.165, 1.54) is 0 Å². The summed E-state index contributed by atoms with van der Waals surface area (Å²) in [6.07, 6.45) is 2.04. The monoisotopic (exact) mass is 443 g/mol. The van der Waals surface area contributed by atoms with Gasteiger partial charge in [0.2, 0.25) is 5.75 Å². The number of pyridine rings is 1. The maximum Gasteiger partial charge on any atom is 0.297 e. The van der Waals surface area contributed by atoms with Gasteiger partial charge in [-0.25, -0.2) is 0 Å². The van der Waals surface area contributed by atoms with Gasteiger partial charge in [-0.15, -0.1) is 0 Å². The van der Waals surface area contributed by atoms with Crippen molar-refractivity contribution in [1.82, 2.24) is 4.57 Å². The van der Waals surface area contributed by atoms with Crippen LogP contribution in [-0.4, -0.2) is 11.2 Å². The van der Waals surface area contributed by atoms with Crippen LogP contribution in [0, 0.1) is 0 Å². The fourth-order valence-corrected chi connectivity index (χ4v) is 3.62. The molecule has 3 aromatic carbocycles. The first-order valence-electron chi connectivity index (χ1n) is 11.3. The lowest BCUT2D eigenvalue weighted by atomic mass is 10.1. The number of hydrogen-bond acceptors (Lipinski definition) is 4. The average Bonchev–Trinajstić information content (AvgIpc) is 2.86. The van der Waals surface area contributed by atoms with Crippen molar-refractivity contribution < 1.29 is 14.2 Å². The standard InChI is InChI=1S/C28H29NO4/c1-3-4-17-31-23-15-16-24-25(18-23)29(2)28(30)27(33-20-22-13-9-6-10-14-22)26(24)32-19-21-11-7-5-8-12-21/h5-16,18H,3-4,17,19-20H2,1-2H3. The molecule has 1 aromatic heterocycles. The molecular formula is C28H29NO4. The first-order chi connectivity index (χ1) is 16.2. The second-order valence-corrected chi connectivity index (χ2v) is 7.95. The van der Waals surface area contributed by atoms with E-state index >= 15 is 0 Å². The Balaban J connectivity index is 1.73. The molecule has 1 heterocycles. The molecule has 0 unspecified atom stereocenters. The number of unbranched alkanes of at least 4 members (excludes halogenated alkanes) is 1. The van der Waals surface area contributed by atoms with Crippen LogP contribution in [0.1, 0.15) is 30.9 Å². The van der Waals surface area contributed by atoms with Gasteiger partial charge < -0.3 is 18.8 Å². The van der Waals surface area contributed by atoms with E-state index in [-0.39, 0.29) is 17.9 Å². The van der Waals surface area contributed by atoms with E-state index in [0.29, 0.717) is 19.0 Å². The van der Waals surface area contributed by atoms with E-state index in [1.807, 2.05) is 78.9 Å². The summed E-state index contributed by atoms with van der Waals surface area (Å²) in [5, 5.41) is 0.805. The Morgan fingerprint density at radius 2 is 1.36 bits per heavy atom. The van der Waals surface area contributed by atoms with Crippen LogP contribution >= 0.6 is 0 Å². The molecule has 0 aliphatic heterocycles. The van der Waals surface area contributed by atoms with E-state index in [2.05, 4.69) is 6.92 Å². The van der Waals surface area contributed by atoms with Gasteiger partial charge in [-0.1, -0.05) is 74.0 Å². The Morgan fingerprint density at radius 1 is 0.758 bits per heavy atom. The van der Waals surface area contributed by atoms with Gasteiger partial charge in [0.1, 0.15) is 19.0 Å². The Bertz CT molecular complexity index is 1250. The van der Waals surface area contributed by atoms with Gasteiger partial charge >= 0.3 is 0 Å². The fourth-order valence-electron chi connectivity index (χ4n) is 3.62. The summed E-state index contributed by atoms with van der Waals surface area (Å²) in [6, 6.07) is 25.4. The molecule has 170 valence electrons. The van der Waals surface area contributed by atoms with Gasteiger partial charge in [0.15, 0.2) is 5.75 Å². The highest BCUT2D eigenvalue weighted by Crippen LogP contribution is 2.35. The van der Waals surface area contributed by atoms with Crippen molar-refractivity contribution in [1.29, 1.82) is 0 Å². The molecule has 0 fully saturated rings. The van der Waals surface area contributed by atoms with Gasteiger partial charge in [0.05, 0.1) is 12.1 Å². The highest BCUT2D eigenvalue weighted by atomic mass is 16.5. The molecule has 33 heavy (non-hydrogen) atoms. The Labute approximate surface area is 194 Å². The summed E-state index contributed by atoms with van der Waals surface area (Å²) in [7, 11) is 1.75. The lowest BCUT2D eigenvalue weighted by Crippen LogP contribution is -2.21. The number of nitrogens with zero attached hydrogens (tertiary/aromatic N) is 1. The lowest BCUT2D eigenvalue weighted by Gasteiger charge is -2.18. The smallest absolute Gasteiger partial charge is 0.297 e. The third-order valence-electron chi connectivity index (χ3n) is 5.50. The normalized spacial score (nSPS) is 10.8. The van der Waals surface area contributed by atoms with Crippen LogP contribution in [0.15, 0.2) is 83.7 Å². The molecule has 0 radical (unpaired) electrons. The Hall–Kier alpha value is -3.73. The predicted octanol–water partition coefficient (Wildman–Crippen LogP) is 5.88. The van der Waals surface area contributed by atoms with Gasteiger partial charge in [0.25, 0.3) is 5.56 Å². The summed E-state index contributed by atoms with van der Waals surface area (Å²) in [4.78, 5) is 13.3. The van der Waals surface area contributed by atoms with Crippen LogP contribution < -0.4 is 19.8 Å². The summed E-state index contributed by atoms with van der Waals surface area (Å²) in [5.74, 6) is 1.40. The summed E-state index contributed by atoms with van der Waals surface area (Å²) < 4.78 is 19.7. The van der Waals surface area contributed by atoms with E-state index in [4.69, 9.17) is 14.2 Å². The molecule has 0 N–H and O–H groups in total. The number of fused-ring (bicyclic) bond motifs is 1. The summed E-state index contributed by atoms with van der Waals surface area (Å²) >= 11 is 0. The zero-order valence-corrected chi connectivity index (χ0v) is 19.1. The Morgan fingerprint density at radius 3 is 1.97 bits per heavy atom. The quantitative estimate of drug-likeness (QED) is 0.287. The molecule has 4 aromatic rings. The third kappa shape index (κ3) is 5.37. The third-order valence-corrected chi connectivity index (χ3v) is 5.50. The molecule has 0 aliphatic rings. The number of hydrogen-bond donors (Lipinski definition) is 0. The van der Waals surface area contributed by atoms with Crippen LogP contribution in [0.3, 0.4) is 0 Å². The van der Waals surface area contributed by atoms with Crippen molar-refractivity contribution in [3.05, 3.63) is 100 Å². The van der Waals surface area contributed by atoms with Crippen molar-refractivity contribution >= 4 is 10.9 Å². The SMILES string of the molecule is CCCCOc1ccc2c(OCc3ccccc3)c(OCc3ccccc3)c(=O)n(C)c2c1. The molecule has 0 amide bonds. The molecule has 0 aliphatic carbocycles. The molecule has 5 heteroatoms. The van der Waals surface area contributed by atoms with E-state index in [1.54, 1.807) is 11.6 Å².